The lowest BCUT2D eigenvalue weighted by molar-refractivity contribution is -0.161. The number of aliphatic hydroxyl groups excluding tert-OH is 1. The van der Waals surface area contributed by atoms with Crippen LogP contribution in [0, 0.1) is 0 Å². The average Bonchev–Trinajstić information content (AvgIpc) is 2.92. The van der Waals surface area contributed by atoms with E-state index in [4.69, 9.17) is 9.47 Å². The lowest BCUT2D eigenvalue weighted by atomic mass is 10.1. The van der Waals surface area contributed by atoms with Crippen molar-refractivity contribution in [2.45, 2.75) is 174 Å². The number of carbonyl (C=O) groups excluding carboxylic acids is 2. The van der Waals surface area contributed by atoms with E-state index in [1.165, 1.54) is 96.3 Å². The quantitative estimate of drug-likeness (QED) is 0.0583. The number of aliphatic hydroxyl groups is 1. The molecule has 0 radical (unpaired) electrons. The second kappa shape index (κ2) is 30.2. The van der Waals surface area contributed by atoms with E-state index in [0.717, 1.165) is 44.9 Å². The molecule has 0 spiro atoms. The SMILES string of the molecule is CCCCCCC/C=C/CCCCCCCC(=O)O[C@@H](CO)COC(=O)CCCCCCCCCCCC. The number of allylic oxidation sites excluding steroid dienone is 2. The van der Waals surface area contributed by atoms with Crippen LogP contribution in [0.1, 0.15) is 168 Å². The molecule has 0 saturated carbocycles. The Bertz CT molecular complexity index is 546. The van der Waals surface area contributed by atoms with Crippen LogP contribution in [0.25, 0.3) is 0 Å². The molecule has 38 heavy (non-hydrogen) atoms. The first kappa shape index (κ1) is 36.6. The van der Waals surface area contributed by atoms with Gasteiger partial charge in [0.15, 0.2) is 6.10 Å². The van der Waals surface area contributed by atoms with Gasteiger partial charge in [0.05, 0.1) is 6.61 Å². The molecule has 0 aliphatic carbocycles. The minimum absolute atomic E-state index is 0.0644. The van der Waals surface area contributed by atoms with Crippen LogP contribution in [0.2, 0.25) is 0 Å². The van der Waals surface area contributed by atoms with Crippen LogP contribution in [0.5, 0.6) is 0 Å². The summed E-state index contributed by atoms with van der Waals surface area (Å²) in [5.74, 6) is -0.599. The number of hydrogen-bond acceptors (Lipinski definition) is 5. The van der Waals surface area contributed by atoms with Crippen molar-refractivity contribution < 1.29 is 24.2 Å². The number of unbranched alkanes of at least 4 members (excludes halogenated alkanes) is 19. The molecule has 0 bridgehead atoms. The monoisotopic (exact) mass is 538 g/mol. The normalized spacial score (nSPS) is 12.2. The van der Waals surface area contributed by atoms with E-state index in [1.54, 1.807) is 0 Å². The van der Waals surface area contributed by atoms with Gasteiger partial charge in [-0.2, -0.15) is 0 Å². The molecular weight excluding hydrogens is 476 g/mol. The first-order valence-corrected chi connectivity index (χ1v) is 16.2. The average molecular weight is 539 g/mol. The smallest absolute Gasteiger partial charge is 0.306 e. The van der Waals surface area contributed by atoms with E-state index in [-0.39, 0.29) is 25.2 Å². The first-order valence-electron chi connectivity index (χ1n) is 16.2. The van der Waals surface area contributed by atoms with Crippen molar-refractivity contribution in [1.82, 2.24) is 0 Å². The Kier molecular flexibility index (Phi) is 29.1. The van der Waals surface area contributed by atoms with Crippen LogP contribution in [0.3, 0.4) is 0 Å². The molecule has 0 rings (SSSR count). The predicted molar refractivity (Wildman–Crippen MR) is 159 cm³/mol. The van der Waals surface area contributed by atoms with Crippen molar-refractivity contribution in [3.63, 3.8) is 0 Å². The summed E-state index contributed by atoms with van der Waals surface area (Å²) in [5.41, 5.74) is 0. The second-order valence-electron chi connectivity index (χ2n) is 10.9. The highest BCUT2D eigenvalue weighted by Gasteiger charge is 2.16. The molecule has 0 aromatic rings. The summed E-state index contributed by atoms with van der Waals surface area (Å²) in [6.07, 6.45) is 31.2. The fraction of sp³-hybridized carbons (Fsp3) is 0.879. The standard InChI is InChI=1S/C33H62O5/c1-3-5-7-9-11-13-15-16-17-18-20-22-24-26-28-33(36)38-31(29-34)30-37-32(35)27-25-23-21-19-14-12-10-8-6-4-2/h15-16,31,34H,3-14,17-30H2,1-2H3/b16-15+/t31-/m0/s1. The Labute approximate surface area is 235 Å². The molecule has 0 unspecified atom stereocenters. The Hall–Kier alpha value is -1.36. The fourth-order valence-corrected chi connectivity index (χ4v) is 4.55. The molecule has 0 aromatic carbocycles. The summed E-state index contributed by atoms with van der Waals surface area (Å²) in [5, 5.41) is 9.47. The molecule has 1 atom stereocenters. The Morgan fingerprint density at radius 1 is 0.579 bits per heavy atom. The number of ether oxygens (including phenoxy) is 2. The molecule has 0 saturated heterocycles. The summed E-state index contributed by atoms with van der Waals surface area (Å²) in [6, 6.07) is 0. The van der Waals surface area contributed by atoms with Gasteiger partial charge in [-0.25, -0.2) is 0 Å². The van der Waals surface area contributed by atoms with E-state index in [9.17, 15) is 14.7 Å². The molecule has 1 N–H and O–H groups in total. The highest BCUT2D eigenvalue weighted by molar-refractivity contribution is 5.70. The highest BCUT2D eigenvalue weighted by Crippen LogP contribution is 2.13. The van der Waals surface area contributed by atoms with Gasteiger partial charge in [-0.05, 0) is 38.5 Å². The number of esters is 2. The zero-order chi connectivity index (χ0) is 27.9. The van der Waals surface area contributed by atoms with E-state index in [0.29, 0.717) is 12.8 Å². The summed E-state index contributed by atoms with van der Waals surface area (Å²) in [4.78, 5) is 24.0. The van der Waals surface area contributed by atoms with Crippen molar-refractivity contribution in [2.24, 2.45) is 0 Å². The number of rotatable bonds is 29. The van der Waals surface area contributed by atoms with Gasteiger partial charge in [-0.1, -0.05) is 129 Å². The zero-order valence-electron chi connectivity index (χ0n) is 25.2. The largest absolute Gasteiger partial charge is 0.462 e. The molecule has 0 aliphatic heterocycles. The van der Waals surface area contributed by atoms with E-state index < -0.39 is 6.10 Å². The third-order valence-corrected chi connectivity index (χ3v) is 7.06. The lowest BCUT2D eigenvalue weighted by Crippen LogP contribution is -2.28. The second-order valence-corrected chi connectivity index (χ2v) is 10.9. The summed E-state index contributed by atoms with van der Waals surface area (Å²) in [6.45, 7) is 4.09. The van der Waals surface area contributed by atoms with Crippen LogP contribution in [-0.2, 0) is 19.1 Å². The van der Waals surface area contributed by atoms with Crippen LogP contribution in [-0.4, -0.2) is 36.4 Å². The van der Waals surface area contributed by atoms with Gasteiger partial charge in [0, 0.05) is 12.8 Å². The van der Waals surface area contributed by atoms with Gasteiger partial charge in [0.1, 0.15) is 6.61 Å². The van der Waals surface area contributed by atoms with Crippen LogP contribution < -0.4 is 0 Å². The van der Waals surface area contributed by atoms with E-state index in [1.807, 2.05) is 0 Å². The van der Waals surface area contributed by atoms with Crippen LogP contribution in [0.15, 0.2) is 12.2 Å². The predicted octanol–water partition coefficient (Wildman–Crippen LogP) is 9.39. The Balaban J connectivity index is 3.59. The third-order valence-electron chi connectivity index (χ3n) is 7.06. The van der Waals surface area contributed by atoms with Gasteiger partial charge < -0.3 is 14.6 Å². The molecule has 0 heterocycles. The third kappa shape index (κ3) is 27.7. The minimum Gasteiger partial charge on any atom is -0.462 e. The summed E-state index contributed by atoms with van der Waals surface area (Å²) >= 11 is 0. The maximum Gasteiger partial charge on any atom is 0.306 e. The molecule has 0 amide bonds. The Morgan fingerprint density at radius 2 is 0.974 bits per heavy atom. The van der Waals surface area contributed by atoms with E-state index >= 15 is 0 Å². The first-order chi connectivity index (χ1) is 18.6. The van der Waals surface area contributed by atoms with Gasteiger partial charge in [0.25, 0.3) is 0 Å². The molecule has 5 heteroatoms. The summed E-state index contributed by atoms with van der Waals surface area (Å²) in [7, 11) is 0. The molecule has 224 valence electrons. The highest BCUT2D eigenvalue weighted by atomic mass is 16.6. The van der Waals surface area contributed by atoms with Gasteiger partial charge in [-0.3, -0.25) is 9.59 Å². The topological polar surface area (TPSA) is 72.8 Å². The molecule has 0 aromatic heterocycles. The van der Waals surface area contributed by atoms with Crippen molar-refractivity contribution in [2.75, 3.05) is 13.2 Å². The number of carbonyl (C=O) groups is 2. The van der Waals surface area contributed by atoms with Gasteiger partial charge in [0.2, 0.25) is 0 Å². The van der Waals surface area contributed by atoms with Gasteiger partial charge in [-0.15, -0.1) is 0 Å². The molecular formula is C33H62O5. The summed E-state index contributed by atoms with van der Waals surface area (Å²) < 4.78 is 10.5. The van der Waals surface area contributed by atoms with Crippen molar-refractivity contribution >= 4 is 11.9 Å². The van der Waals surface area contributed by atoms with E-state index in [2.05, 4.69) is 26.0 Å². The van der Waals surface area contributed by atoms with Crippen molar-refractivity contribution in [3.05, 3.63) is 12.2 Å². The number of hydrogen-bond donors (Lipinski definition) is 1. The Morgan fingerprint density at radius 3 is 1.42 bits per heavy atom. The minimum atomic E-state index is -0.766. The van der Waals surface area contributed by atoms with Gasteiger partial charge >= 0.3 is 11.9 Å². The fourth-order valence-electron chi connectivity index (χ4n) is 4.55. The van der Waals surface area contributed by atoms with Crippen LogP contribution >= 0.6 is 0 Å². The van der Waals surface area contributed by atoms with Crippen molar-refractivity contribution in [3.8, 4) is 0 Å². The molecule has 5 nitrogen and oxygen atoms in total. The van der Waals surface area contributed by atoms with Crippen molar-refractivity contribution in [1.29, 1.82) is 0 Å². The maximum absolute atomic E-state index is 12.1. The lowest BCUT2D eigenvalue weighted by Gasteiger charge is -2.15. The maximum atomic E-state index is 12.1. The molecule has 0 aliphatic rings. The zero-order valence-corrected chi connectivity index (χ0v) is 25.2. The van der Waals surface area contributed by atoms with Crippen LogP contribution in [0.4, 0.5) is 0 Å². The molecule has 0 fully saturated rings.